The van der Waals surface area contributed by atoms with Crippen molar-refractivity contribution in [2.45, 2.75) is 40.2 Å². The van der Waals surface area contributed by atoms with Crippen LogP contribution in [-0.4, -0.2) is 41.0 Å². The smallest absolute Gasteiger partial charge is 0.309 e. The number of carbonyl (C=O) groups excluding carboxylic acids is 2. The third-order valence-corrected chi connectivity index (χ3v) is 4.76. The molecule has 6 heteroatoms. The van der Waals surface area contributed by atoms with Gasteiger partial charge in [-0.25, -0.2) is 0 Å². The van der Waals surface area contributed by atoms with Gasteiger partial charge in [0.25, 0.3) is 5.91 Å². The third kappa shape index (κ3) is 3.54. The van der Waals surface area contributed by atoms with Crippen LogP contribution in [0.1, 0.15) is 42.9 Å². The summed E-state index contributed by atoms with van der Waals surface area (Å²) in [6.07, 6.45) is 1.28. The van der Waals surface area contributed by atoms with Gasteiger partial charge in [-0.15, -0.1) is 0 Å². The predicted molar refractivity (Wildman–Crippen MR) is 99.0 cm³/mol. The van der Waals surface area contributed by atoms with Crippen molar-refractivity contribution in [3.8, 4) is 0 Å². The lowest BCUT2D eigenvalue weighted by atomic mass is 9.97. The second-order valence-corrected chi connectivity index (χ2v) is 7.00. The molecule has 0 saturated carbocycles. The molecular formula is C20H26N2O4. The Morgan fingerprint density at radius 3 is 2.62 bits per heavy atom. The van der Waals surface area contributed by atoms with Crippen LogP contribution in [0.3, 0.4) is 0 Å². The molecule has 140 valence electrons. The number of likely N-dealkylation sites (tertiary alicyclic amines) is 1. The average molecular weight is 358 g/mol. The maximum Gasteiger partial charge on any atom is 0.309 e. The second kappa shape index (κ2) is 7.40. The number of amides is 1. The number of piperidine rings is 1. The number of aromatic nitrogens is 1. The number of hydrogen-bond acceptors (Lipinski definition) is 4. The Labute approximate surface area is 153 Å². The van der Waals surface area contributed by atoms with Gasteiger partial charge in [0, 0.05) is 31.8 Å². The van der Waals surface area contributed by atoms with Crippen molar-refractivity contribution < 1.29 is 18.7 Å². The summed E-state index contributed by atoms with van der Waals surface area (Å²) in [4.78, 5) is 26.8. The van der Waals surface area contributed by atoms with Gasteiger partial charge in [0.2, 0.25) is 0 Å². The van der Waals surface area contributed by atoms with E-state index in [-0.39, 0.29) is 17.8 Å². The van der Waals surface area contributed by atoms with Gasteiger partial charge in [-0.3, -0.25) is 9.59 Å². The molecule has 0 N–H and O–H groups in total. The normalized spacial score (nSPS) is 15.4. The van der Waals surface area contributed by atoms with Crippen LogP contribution < -0.4 is 0 Å². The van der Waals surface area contributed by atoms with E-state index < -0.39 is 0 Å². The Morgan fingerprint density at radius 1 is 1.31 bits per heavy atom. The molecule has 0 radical (unpaired) electrons. The number of rotatable bonds is 5. The zero-order valence-corrected chi connectivity index (χ0v) is 15.7. The van der Waals surface area contributed by atoms with Crippen molar-refractivity contribution in [3.63, 3.8) is 0 Å². The lowest BCUT2D eigenvalue weighted by molar-refractivity contribution is -0.149. The highest BCUT2D eigenvalue weighted by Crippen LogP contribution is 2.27. The fourth-order valence-electron chi connectivity index (χ4n) is 3.52. The zero-order chi connectivity index (χ0) is 18.8. The van der Waals surface area contributed by atoms with Crippen LogP contribution in [0.25, 0.3) is 11.1 Å². The number of hydrogen-bond donors (Lipinski definition) is 0. The number of furan rings is 1. The minimum Gasteiger partial charge on any atom is -0.466 e. The molecule has 26 heavy (non-hydrogen) atoms. The number of carbonyl (C=O) groups is 2. The Morgan fingerprint density at radius 2 is 2.00 bits per heavy atom. The maximum atomic E-state index is 13.1. The van der Waals surface area contributed by atoms with Crippen LogP contribution in [0.4, 0.5) is 0 Å². The number of fused-ring (bicyclic) bond motifs is 1. The number of allylic oxidation sites excluding steroid dienone is 1. The molecule has 1 aliphatic rings. The summed E-state index contributed by atoms with van der Waals surface area (Å²) >= 11 is 0. The lowest BCUT2D eigenvalue weighted by Gasteiger charge is -2.31. The minimum absolute atomic E-state index is 0.0300. The summed E-state index contributed by atoms with van der Waals surface area (Å²) in [6.45, 7) is 11.7. The average Bonchev–Trinajstić information content (AvgIpc) is 3.11. The molecule has 0 unspecified atom stereocenters. The second-order valence-electron chi connectivity index (χ2n) is 7.00. The lowest BCUT2D eigenvalue weighted by Crippen LogP contribution is -2.41. The Balaban J connectivity index is 1.79. The van der Waals surface area contributed by atoms with Gasteiger partial charge in [-0.2, -0.15) is 0 Å². The summed E-state index contributed by atoms with van der Waals surface area (Å²) in [7, 11) is 0. The van der Waals surface area contributed by atoms with E-state index in [2.05, 4.69) is 6.58 Å². The molecule has 0 aromatic carbocycles. The summed E-state index contributed by atoms with van der Waals surface area (Å²) in [5.41, 5.74) is 3.21. The van der Waals surface area contributed by atoms with Gasteiger partial charge in [-0.1, -0.05) is 12.2 Å². The fraction of sp³-hybridized carbons (Fsp3) is 0.500. The van der Waals surface area contributed by atoms with Crippen molar-refractivity contribution in [1.29, 1.82) is 0 Å². The van der Waals surface area contributed by atoms with Crippen LogP contribution in [0.2, 0.25) is 0 Å². The van der Waals surface area contributed by atoms with E-state index in [1.807, 2.05) is 42.4 Å². The summed E-state index contributed by atoms with van der Waals surface area (Å²) in [5.74, 6) is 0.524. The first-order chi connectivity index (χ1) is 12.4. The predicted octanol–water partition coefficient (Wildman–Crippen LogP) is 3.53. The number of aryl methyl sites for hydroxylation is 1. The van der Waals surface area contributed by atoms with Crippen LogP contribution in [0.15, 0.2) is 28.7 Å². The van der Waals surface area contributed by atoms with Gasteiger partial charge in [0.1, 0.15) is 11.5 Å². The standard InChI is InChI=1S/C20H26N2O4/c1-5-25-20(24)15-6-8-21(9-7-15)19(23)17-11-18-16(10-14(4)26-18)22(17)12-13(2)3/h10-11,15H,2,5-9,12H2,1,3-4H3. The van der Waals surface area contributed by atoms with E-state index >= 15 is 0 Å². The van der Waals surface area contributed by atoms with E-state index in [0.29, 0.717) is 50.4 Å². The van der Waals surface area contributed by atoms with Crippen molar-refractivity contribution in [2.75, 3.05) is 19.7 Å². The maximum absolute atomic E-state index is 13.1. The first kappa shape index (κ1) is 18.3. The van der Waals surface area contributed by atoms with E-state index in [9.17, 15) is 9.59 Å². The molecule has 1 aliphatic heterocycles. The molecule has 1 amide bonds. The van der Waals surface area contributed by atoms with E-state index in [4.69, 9.17) is 9.15 Å². The first-order valence-corrected chi connectivity index (χ1v) is 9.10. The van der Waals surface area contributed by atoms with E-state index in [1.165, 1.54) is 0 Å². The van der Waals surface area contributed by atoms with Crippen molar-refractivity contribution in [1.82, 2.24) is 9.47 Å². The Kier molecular flexibility index (Phi) is 5.20. The molecule has 3 heterocycles. The molecule has 2 aromatic heterocycles. The highest BCUT2D eigenvalue weighted by Gasteiger charge is 2.30. The highest BCUT2D eigenvalue weighted by atomic mass is 16.5. The molecule has 1 fully saturated rings. The molecule has 0 spiro atoms. The largest absolute Gasteiger partial charge is 0.466 e. The topological polar surface area (TPSA) is 64.7 Å². The van der Waals surface area contributed by atoms with Crippen LogP contribution in [0, 0.1) is 12.8 Å². The first-order valence-electron chi connectivity index (χ1n) is 9.10. The molecule has 2 aromatic rings. The Bertz CT molecular complexity index is 837. The van der Waals surface area contributed by atoms with Gasteiger partial charge in [0.05, 0.1) is 18.0 Å². The van der Waals surface area contributed by atoms with Crippen molar-refractivity contribution in [3.05, 3.63) is 35.7 Å². The molecule has 0 atom stereocenters. The molecule has 0 aliphatic carbocycles. The van der Waals surface area contributed by atoms with Gasteiger partial charge in [0.15, 0.2) is 5.58 Å². The number of esters is 1. The van der Waals surface area contributed by atoms with Crippen LogP contribution in [-0.2, 0) is 16.1 Å². The van der Waals surface area contributed by atoms with Gasteiger partial charge < -0.3 is 18.6 Å². The highest BCUT2D eigenvalue weighted by molar-refractivity contribution is 5.98. The summed E-state index contributed by atoms with van der Waals surface area (Å²) < 4.78 is 12.8. The SMILES string of the molecule is C=C(C)Cn1c(C(=O)N2CCC(C(=O)OCC)CC2)cc2oc(C)cc21. The van der Waals surface area contributed by atoms with E-state index in [1.54, 1.807) is 0 Å². The fourth-order valence-corrected chi connectivity index (χ4v) is 3.52. The van der Waals surface area contributed by atoms with Gasteiger partial charge >= 0.3 is 5.97 Å². The van der Waals surface area contributed by atoms with Crippen LogP contribution >= 0.6 is 0 Å². The van der Waals surface area contributed by atoms with Gasteiger partial charge in [-0.05, 0) is 33.6 Å². The summed E-state index contributed by atoms with van der Waals surface area (Å²) in [6, 6.07) is 3.76. The van der Waals surface area contributed by atoms with E-state index in [0.717, 1.165) is 16.9 Å². The number of nitrogens with zero attached hydrogens (tertiary/aromatic N) is 2. The molecule has 1 saturated heterocycles. The zero-order valence-electron chi connectivity index (χ0n) is 15.7. The third-order valence-electron chi connectivity index (χ3n) is 4.76. The Hall–Kier alpha value is -2.50. The molecule has 0 bridgehead atoms. The van der Waals surface area contributed by atoms with Crippen molar-refractivity contribution in [2.24, 2.45) is 5.92 Å². The minimum atomic E-state index is -0.154. The molecule has 3 rings (SSSR count). The van der Waals surface area contributed by atoms with Crippen molar-refractivity contribution >= 4 is 23.0 Å². The molecular weight excluding hydrogens is 332 g/mol. The van der Waals surface area contributed by atoms with Crippen LogP contribution in [0.5, 0.6) is 0 Å². The summed E-state index contributed by atoms with van der Waals surface area (Å²) in [5, 5.41) is 0. The molecule has 6 nitrogen and oxygen atoms in total. The number of ether oxygens (including phenoxy) is 1. The monoisotopic (exact) mass is 358 g/mol. The quantitative estimate of drug-likeness (QED) is 0.606.